The Morgan fingerprint density at radius 1 is 1.41 bits per heavy atom. The standard InChI is InChI=1S/C12H16Cl2FNO/c1-7(6-17-3)12(2,16)8-4-11(15)10(14)5-9(8)13/h4-5,7H,6,16H2,1-3H3. The molecular formula is C12H16Cl2FNO. The number of hydrogen-bond donors (Lipinski definition) is 1. The highest BCUT2D eigenvalue weighted by atomic mass is 35.5. The lowest BCUT2D eigenvalue weighted by Gasteiger charge is -2.32. The van der Waals surface area contributed by atoms with Crippen molar-refractivity contribution in [3.05, 3.63) is 33.6 Å². The molecule has 2 N–H and O–H groups in total. The van der Waals surface area contributed by atoms with Crippen LogP contribution < -0.4 is 5.73 Å². The van der Waals surface area contributed by atoms with Crippen LogP contribution in [-0.4, -0.2) is 13.7 Å². The third-order valence-electron chi connectivity index (χ3n) is 3.03. The Morgan fingerprint density at radius 2 is 2.00 bits per heavy atom. The molecule has 0 aliphatic rings. The van der Waals surface area contributed by atoms with Gasteiger partial charge in [0.15, 0.2) is 0 Å². The number of halogens is 3. The molecule has 0 saturated heterocycles. The summed E-state index contributed by atoms with van der Waals surface area (Å²) in [6.45, 7) is 4.19. The van der Waals surface area contributed by atoms with Gasteiger partial charge in [-0.3, -0.25) is 0 Å². The van der Waals surface area contributed by atoms with Crippen LogP contribution in [0.3, 0.4) is 0 Å². The Hall–Kier alpha value is -0.350. The fourth-order valence-corrected chi connectivity index (χ4v) is 2.21. The third-order valence-corrected chi connectivity index (χ3v) is 3.63. The second kappa shape index (κ2) is 5.53. The van der Waals surface area contributed by atoms with Crippen LogP contribution in [0, 0.1) is 11.7 Å². The van der Waals surface area contributed by atoms with E-state index in [4.69, 9.17) is 33.7 Å². The van der Waals surface area contributed by atoms with Crippen molar-refractivity contribution in [1.82, 2.24) is 0 Å². The number of methoxy groups -OCH3 is 1. The maximum Gasteiger partial charge on any atom is 0.142 e. The van der Waals surface area contributed by atoms with Crippen LogP contribution in [0.25, 0.3) is 0 Å². The van der Waals surface area contributed by atoms with Crippen molar-refractivity contribution in [3.63, 3.8) is 0 Å². The Labute approximate surface area is 111 Å². The zero-order chi connectivity index (χ0) is 13.2. The lowest BCUT2D eigenvalue weighted by molar-refractivity contribution is 0.121. The summed E-state index contributed by atoms with van der Waals surface area (Å²) >= 11 is 11.7. The normalized spacial score (nSPS) is 16.6. The summed E-state index contributed by atoms with van der Waals surface area (Å²) in [6.07, 6.45) is 0. The van der Waals surface area contributed by atoms with E-state index < -0.39 is 11.4 Å². The largest absolute Gasteiger partial charge is 0.384 e. The number of ether oxygens (including phenoxy) is 1. The summed E-state index contributed by atoms with van der Waals surface area (Å²) in [5.41, 5.74) is 5.97. The van der Waals surface area contributed by atoms with Crippen molar-refractivity contribution in [2.45, 2.75) is 19.4 Å². The number of nitrogens with two attached hydrogens (primary N) is 1. The molecule has 0 aliphatic carbocycles. The Kier molecular flexibility index (Phi) is 4.78. The molecule has 0 aromatic heterocycles. The molecule has 0 amide bonds. The van der Waals surface area contributed by atoms with E-state index in [0.29, 0.717) is 17.2 Å². The average Bonchev–Trinajstić information content (AvgIpc) is 2.23. The quantitative estimate of drug-likeness (QED) is 0.855. The topological polar surface area (TPSA) is 35.2 Å². The first-order chi connectivity index (χ1) is 7.80. The monoisotopic (exact) mass is 279 g/mol. The summed E-state index contributed by atoms with van der Waals surface area (Å²) in [5.74, 6) is -0.530. The van der Waals surface area contributed by atoms with E-state index in [1.165, 1.54) is 12.1 Å². The zero-order valence-corrected chi connectivity index (χ0v) is 11.6. The van der Waals surface area contributed by atoms with Gasteiger partial charge in [-0.15, -0.1) is 0 Å². The van der Waals surface area contributed by atoms with E-state index in [1.807, 2.05) is 6.92 Å². The molecule has 2 atom stereocenters. The second-order valence-electron chi connectivity index (χ2n) is 4.39. The first-order valence-corrected chi connectivity index (χ1v) is 5.99. The van der Waals surface area contributed by atoms with Crippen LogP contribution in [0.2, 0.25) is 10.0 Å². The molecule has 2 nitrogen and oxygen atoms in total. The lowest BCUT2D eigenvalue weighted by atomic mass is 9.82. The molecule has 0 aliphatic heterocycles. The van der Waals surface area contributed by atoms with Gasteiger partial charge >= 0.3 is 0 Å². The third kappa shape index (κ3) is 3.10. The first kappa shape index (κ1) is 14.7. The van der Waals surface area contributed by atoms with E-state index in [9.17, 15) is 4.39 Å². The van der Waals surface area contributed by atoms with Gasteiger partial charge < -0.3 is 10.5 Å². The van der Waals surface area contributed by atoms with E-state index in [-0.39, 0.29) is 10.9 Å². The molecule has 0 bridgehead atoms. The molecule has 5 heteroatoms. The van der Waals surface area contributed by atoms with Gasteiger partial charge in [-0.25, -0.2) is 4.39 Å². The van der Waals surface area contributed by atoms with Crippen molar-refractivity contribution in [2.75, 3.05) is 13.7 Å². The molecule has 0 spiro atoms. The summed E-state index contributed by atoms with van der Waals surface area (Å²) < 4.78 is 18.5. The smallest absolute Gasteiger partial charge is 0.142 e. The van der Waals surface area contributed by atoms with Crippen LogP contribution in [-0.2, 0) is 10.3 Å². The predicted molar refractivity (Wildman–Crippen MR) is 69.0 cm³/mol. The predicted octanol–water partition coefficient (Wildman–Crippen LogP) is 3.59. The molecule has 17 heavy (non-hydrogen) atoms. The maximum atomic E-state index is 13.5. The van der Waals surface area contributed by atoms with Crippen LogP contribution >= 0.6 is 23.2 Å². The summed E-state index contributed by atoms with van der Waals surface area (Å²) in [6, 6.07) is 2.66. The zero-order valence-electron chi connectivity index (χ0n) is 10.1. The summed E-state index contributed by atoms with van der Waals surface area (Å²) in [5, 5.41) is 0.360. The minimum Gasteiger partial charge on any atom is -0.384 e. The maximum absolute atomic E-state index is 13.5. The van der Waals surface area contributed by atoms with Crippen molar-refractivity contribution in [1.29, 1.82) is 0 Å². The van der Waals surface area contributed by atoms with Crippen molar-refractivity contribution in [2.24, 2.45) is 11.7 Å². The highest BCUT2D eigenvalue weighted by molar-refractivity contribution is 6.35. The van der Waals surface area contributed by atoms with Crippen LogP contribution in [0.1, 0.15) is 19.4 Å². The van der Waals surface area contributed by atoms with Gasteiger partial charge in [-0.2, -0.15) is 0 Å². The van der Waals surface area contributed by atoms with Gasteiger partial charge in [-0.05, 0) is 24.6 Å². The van der Waals surface area contributed by atoms with Crippen molar-refractivity contribution >= 4 is 23.2 Å². The number of benzene rings is 1. The first-order valence-electron chi connectivity index (χ1n) is 5.23. The summed E-state index contributed by atoms with van der Waals surface area (Å²) in [4.78, 5) is 0. The second-order valence-corrected chi connectivity index (χ2v) is 5.20. The van der Waals surface area contributed by atoms with Crippen molar-refractivity contribution < 1.29 is 9.13 Å². The average molecular weight is 280 g/mol. The Bertz CT molecular complexity index is 410. The molecule has 0 fully saturated rings. The highest BCUT2D eigenvalue weighted by Gasteiger charge is 2.31. The molecule has 0 saturated carbocycles. The lowest BCUT2D eigenvalue weighted by Crippen LogP contribution is -2.42. The van der Waals surface area contributed by atoms with Crippen LogP contribution in [0.4, 0.5) is 4.39 Å². The van der Waals surface area contributed by atoms with Gasteiger partial charge in [0.25, 0.3) is 0 Å². The van der Waals surface area contributed by atoms with Gasteiger partial charge in [0.05, 0.1) is 11.6 Å². The molecule has 1 aromatic carbocycles. The number of hydrogen-bond acceptors (Lipinski definition) is 2. The van der Waals surface area contributed by atoms with E-state index >= 15 is 0 Å². The Balaban J connectivity index is 3.18. The van der Waals surface area contributed by atoms with E-state index in [2.05, 4.69) is 0 Å². The van der Waals surface area contributed by atoms with E-state index in [0.717, 1.165) is 0 Å². The van der Waals surface area contributed by atoms with Gasteiger partial charge in [0.2, 0.25) is 0 Å². The fourth-order valence-electron chi connectivity index (χ4n) is 1.62. The molecule has 2 unspecified atom stereocenters. The van der Waals surface area contributed by atoms with Crippen molar-refractivity contribution in [3.8, 4) is 0 Å². The molecule has 96 valence electrons. The molecule has 1 rings (SSSR count). The van der Waals surface area contributed by atoms with E-state index in [1.54, 1.807) is 14.0 Å². The van der Waals surface area contributed by atoms with Gasteiger partial charge in [0.1, 0.15) is 5.82 Å². The Morgan fingerprint density at radius 3 is 2.53 bits per heavy atom. The minimum absolute atomic E-state index is 0.00561. The van der Waals surface area contributed by atoms with Crippen LogP contribution in [0.15, 0.2) is 12.1 Å². The van der Waals surface area contributed by atoms with Gasteiger partial charge in [0, 0.05) is 23.6 Å². The fraction of sp³-hybridized carbons (Fsp3) is 0.500. The van der Waals surface area contributed by atoms with Gasteiger partial charge in [-0.1, -0.05) is 30.1 Å². The number of rotatable bonds is 4. The summed E-state index contributed by atoms with van der Waals surface area (Å²) in [7, 11) is 1.59. The molecule has 0 radical (unpaired) electrons. The highest BCUT2D eigenvalue weighted by Crippen LogP contribution is 2.35. The minimum atomic E-state index is -0.779. The van der Waals surface area contributed by atoms with Crippen LogP contribution in [0.5, 0.6) is 0 Å². The SMILES string of the molecule is COCC(C)C(C)(N)c1cc(F)c(Cl)cc1Cl. The molecule has 1 aromatic rings. The molecular weight excluding hydrogens is 264 g/mol. The molecule has 0 heterocycles.